The summed E-state index contributed by atoms with van der Waals surface area (Å²) in [5, 5.41) is 0. The van der Waals surface area contributed by atoms with Crippen LogP contribution in [-0.4, -0.2) is 11.6 Å². The third kappa shape index (κ3) is 2.90. The Morgan fingerprint density at radius 3 is 1.33 bits per heavy atom. The molecular formula is C20H16N2O2. The van der Waals surface area contributed by atoms with Crippen molar-refractivity contribution in [2.45, 2.75) is 0 Å². The highest BCUT2D eigenvalue weighted by Gasteiger charge is 2.19. The number of ketones is 2. The van der Waals surface area contributed by atoms with Gasteiger partial charge in [0.1, 0.15) is 0 Å². The fourth-order valence-corrected chi connectivity index (χ4v) is 2.52. The van der Waals surface area contributed by atoms with E-state index in [2.05, 4.69) is 0 Å². The van der Waals surface area contributed by atoms with Crippen LogP contribution in [0.4, 0.5) is 11.4 Å². The Labute approximate surface area is 139 Å². The average Bonchev–Trinajstić information content (AvgIpc) is 2.62. The summed E-state index contributed by atoms with van der Waals surface area (Å²) in [4.78, 5) is 25.3. The summed E-state index contributed by atoms with van der Waals surface area (Å²) in [5.74, 6) is -0.481. The van der Waals surface area contributed by atoms with E-state index in [1.165, 1.54) is 12.1 Å². The molecule has 0 radical (unpaired) electrons. The zero-order valence-corrected chi connectivity index (χ0v) is 12.9. The van der Waals surface area contributed by atoms with E-state index in [1.807, 2.05) is 12.1 Å². The predicted octanol–water partition coefficient (Wildman–Crippen LogP) is 3.31. The van der Waals surface area contributed by atoms with Crippen molar-refractivity contribution in [1.82, 2.24) is 0 Å². The molecule has 3 rings (SSSR count). The molecule has 0 saturated carbocycles. The number of hydrogen-bond acceptors (Lipinski definition) is 4. The monoisotopic (exact) mass is 316 g/mol. The van der Waals surface area contributed by atoms with Gasteiger partial charge in [-0.3, -0.25) is 9.59 Å². The number of carbonyl (C=O) groups is 2. The van der Waals surface area contributed by atoms with Crippen LogP contribution in [0.5, 0.6) is 0 Å². The largest absolute Gasteiger partial charge is 0.398 e. The highest BCUT2D eigenvalue weighted by atomic mass is 16.1. The molecule has 24 heavy (non-hydrogen) atoms. The summed E-state index contributed by atoms with van der Waals surface area (Å²) < 4.78 is 0. The van der Waals surface area contributed by atoms with Crippen LogP contribution in [0.2, 0.25) is 0 Å². The van der Waals surface area contributed by atoms with Crippen molar-refractivity contribution in [2.75, 3.05) is 11.5 Å². The Morgan fingerprint density at radius 1 is 0.583 bits per heavy atom. The van der Waals surface area contributed by atoms with Gasteiger partial charge in [0.05, 0.1) is 0 Å². The first-order valence-electron chi connectivity index (χ1n) is 7.46. The molecule has 0 fully saturated rings. The van der Waals surface area contributed by atoms with Gasteiger partial charge in [-0.1, -0.05) is 60.7 Å². The lowest BCUT2D eigenvalue weighted by molar-refractivity contribution is 0.103. The zero-order chi connectivity index (χ0) is 17.1. The first kappa shape index (κ1) is 15.5. The Hall–Kier alpha value is -3.40. The van der Waals surface area contributed by atoms with E-state index >= 15 is 0 Å². The molecule has 3 aromatic rings. The quantitative estimate of drug-likeness (QED) is 0.571. The molecule has 4 heteroatoms. The highest BCUT2D eigenvalue weighted by molar-refractivity contribution is 6.17. The van der Waals surface area contributed by atoms with E-state index in [9.17, 15) is 9.59 Å². The van der Waals surface area contributed by atoms with E-state index in [0.717, 1.165) is 0 Å². The SMILES string of the molecule is Nc1cc(N)c(C(=O)c2ccccc2)cc1C(=O)c1ccccc1. The lowest BCUT2D eigenvalue weighted by Gasteiger charge is -2.11. The normalized spacial score (nSPS) is 10.3. The van der Waals surface area contributed by atoms with Crippen LogP contribution < -0.4 is 11.5 Å². The summed E-state index contributed by atoms with van der Waals surface area (Å²) in [5.41, 5.74) is 14.0. The van der Waals surface area contributed by atoms with Gasteiger partial charge in [-0.2, -0.15) is 0 Å². The molecule has 0 unspecified atom stereocenters. The van der Waals surface area contributed by atoms with E-state index in [0.29, 0.717) is 11.1 Å². The third-order valence-corrected chi connectivity index (χ3v) is 3.78. The molecule has 0 aliphatic carbocycles. The molecule has 3 aromatic carbocycles. The van der Waals surface area contributed by atoms with Crippen molar-refractivity contribution < 1.29 is 9.59 Å². The fraction of sp³-hybridized carbons (Fsp3) is 0. The number of carbonyl (C=O) groups excluding carboxylic acids is 2. The molecule has 0 aliphatic rings. The number of anilines is 2. The lowest BCUT2D eigenvalue weighted by atomic mass is 9.95. The van der Waals surface area contributed by atoms with Crippen LogP contribution in [0.15, 0.2) is 72.8 Å². The molecule has 0 amide bonds. The molecule has 0 aromatic heterocycles. The number of benzene rings is 3. The number of rotatable bonds is 4. The highest BCUT2D eigenvalue weighted by Crippen LogP contribution is 2.25. The van der Waals surface area contributed by atoms with Crippen molar-refractivity contribution in [3.05, 3.63) is 95.1 Å². The second-order valence-electron chi connectivity index (χ2n) is 5.42. The van der Waals surface area contributed by atoms with E-state index in [-0.39, 0.29) is 34.1 Å². The fourth-order valence-electron chi connectivity index (χ4n) is 2.52. The standard InChI is InChI=1S/C20H16N2O2/c21-17-12-18(22)16(20(24)14-9-5-2-6-10-14)11-15(17)19(23)13-7-3-1-4-8-13/h1-12H,21-22H2. The molecule has 0 heterocycles. The summed E-state index contributed by atoms with van der Waals surface area (Å²) >= 11 is 0. The number of nitrogen functional groups attached to an aromatic ring is 2. The molecule has 4 N–H and O–H groups in total. The van der Waals surface area contributed by atoms with Gasteiger partial charge in [0.2, 0.25) is 0 Å². The van der Waals surface area contributed by atoms with Gasteiger partial charge < -0.3 is 11.5 Å². The smallest absolute Gasteiger partial charge is 0.195 e. The van der Waals surface area contributed by atoms with E-state index in [1.54, 1.807) is 48.5 Å². The molecule has 118 valence electrons. The molecule has 0 atom stereocenters. The first-order valence-corrected chi connectivity index (χ1v) is 7.46. The van der Waals surface area contributed by atoms with E-state index in [4.69, 9.17) is 11.5 Å². The molecule has 0 bridgehead atoms. The Morgan fingerprint density at radius 2 is 0.958 bits per heavy atom. The van der Waals surface area contributed by atoms with Crippen molar-refractivity contribution in [1.29, 1.82) is 0 Å². The topological polar surface area (TPSA) is 86.2 Å². The third-order valence-electron chi connectivity index (χ3n) is 3.78. The summed E-state index contributed by atoms with van der Waals surface area (Å²) in [7, 11) is 0. The maximum absolute atomic E-state index is 12.7. The van der Waals surface area contributed by atoms with Crippen LogP contribution in [0.25, 0.3) is 0 Å². The summed E-state index contributed by atoms with van der Waals surface area (Å²) in [6.07, 6.45) is 0. The number of nitrogens with two attached hydrogens (primary N) is 2. The van der Waals surface area contributed by atoms with Crippen LogP contribution in [0.1, 0.15) is 31.8 Å². The average molecular weight is 316 g/mol. The van der Waals surface area contributed by atoms with E-state index < -0.39 is 0 Å². The van der Waals surface area contributed by atoms with Gasteiger partial charge in [0, 0.05) is 33.6 Å². The maximum atomic E-state index is 12.7. The zero-order valence-electron chi connectivity index (χ0n) is 12.9. The molecule has 0 spiro atoms. The predicted molar refractivity (Wildman–Crippen MR) is 95.0 cm³/mol. The van der Waals surface area contributed by atoms with Gasteiger partial charge in [0.25, 0.3) is 0 Å². The van der Waals surface area contributed by atoms with Crippen LogP contribution >= 0.6 is 0 Å². The van der Waals surface area contributed by atoms with Crippen LogP contribution in [0.3, 0.4) is 0 Å². The molecule has 0 saturated heterocycles. The van der Waals surface area contributed by atoms with Crippen LogP contribution in [-0.2, 0) is 0 Å². The Kier molecular flexibility index (Phi) is 4.12. The number of hydrogen-bond donors (Lipinski definition) is 2. The minimum Gasteiger partial charge on any atom is -0.398 e. The summed E-state index contributed by atoms with van der Waals surface area (Å²) in [6.45, 7) is 0. The van der Waals surface area contributed by atoms with Crippen molar-refractivity contribution in [3.63, 3.8) is 0 Å². The minimum absolute atomic E-state index is 0.241. The van der Waals surface area contributed by atoms with Gasteiger partial charge >= 0.3 is 0 Å². The molecule has 0 aliphatic heterocycles. The Bertz CT molecular complexity index is 831. The van der Waals surface area contributed by atoms with Crippen molar-refractivity contribution >= 4 is 22.9 Å². The molecular weight excluding hydrogens is 300 g/mol. The van der Waals surface area contributed by atoms with Gasteiger partial charge in [-0.25, -0.2) is 0 Å². The Balaban J connectivity index is 2.07. The van der Waals surface area contributed by atoms with Gasteiger partial charge in [-0.15, -0.1) is 0 Å². The second-order valence-corrected chi connectivity index (χ2v) is 5.42. The van der Waals surface area contributed by atoms with Gasteiger partial charge in [-0.05, 0) is 12.1 Å². The van der Waals surface area contributed by atoms with Crippen molar-refractivity contribution in [3.8, 4) is 0 Å². The summed E-state index contributed by atoms with van der Waals surface area (Å²) in [6, 6.07) is 20.5. The second kappa shape index (κ2) is 6.38. The minimum atomic E-state index is -0.241. The first-order chi connectivity index (χ1) is 11.6. The van der Waals surface area contributed by atoms with Gasteiger partial charge in [0.15, 0.2) is 11.6 Å². The maximum Gasteiger partial charge on any atom is 0.195 e. The van der Waals surface area contributed by atoms with Crippen LogP contribution in [0, 0.1) is 0 Å². The van der Waals surface area contributed by atoms with Crippen molar-refractivity contribution in [2.24, 2.45) is 0 Å². The lowest BCUT2D eigenvalue weighted by Crippen LogP contribution is -2.11. The molecule has 4 nitrogen and oxygen atoms in total.